The van der Waals surface area contributed by atoms with Gasteiger partial charge in [0.25, 0.3) is 0 Å². The molecule has 1 heterocycles. The lowest BCUT2D eigenvalue weighted by Gasteiger charge is -2.27. The number of hydrogen-bond acceptors (Lipinski definition) is 2. The Bertz CT molecular complexity index is 333. The maximum atomic E-state index is 4.08. The molecule has 0 saturated heterocycles. The second-order valence-electron chi connectivity index (χ2n) is 6.26. The minimum atomic E-state index is 0.0457. The zero-order valence-corrected chi connectivity index (χ0v) is 13.6. The highest BCUT2D eigenvalue weighted by Gasteiger charge is 2.18. The third-order valence-electron chi connectivity index (χ3n) is 4.00. The Morgan fingerprint density at radius 3 is 2.05 bits per heavy atom. The average Bonchev–Trinajstić information content (AvgIpc) is 2.46. The summed E-state index contributed by atoms with van der Waals surface area (Å²) in [4.78, 5) is 4.08. The van der Waals surface area contributed by atoms with Crippen LogP contribution in [-0.2, 0) is 5.54 Å². The second kappa shape index (κ2) is 9.93. The highest BCUT2D eigenvalue weighted by molar-refractivity contribution is 5.19. The number of nitrogens with zero attached hydrogens (tertiary/aromatic N) is 1. The molecule has 0 bridgehead atoms. The molecule has 1 aromatic heterocycles. The van der Waals surface area contributed by atoms with Gasteiger partial charge in [-0.15, -0.1) is 0 Å². The molecule has 0 aliphatic carbocycles. The first-order valence-corrected chi connectivity index (χ1v) is 8.32. The monoisotopic (exact) mass is 276 g/mol. The molecule has 0 aromatic carbocycles. The summed E-state index contributed by atoms with van der Waals surface area (Å²) >= 11 is 0. The quantitative estimate of drug-likeness (QED) is 0.572. The molecular formula is C18H32N2. The predicted octanol–water partition coefficient (Wildman–Crippen LogP) is 5.05. The molecule has 0 saturated carbocycles. The van der Waals surface area contributed by atoms with Crippen LogP contribution in [0.5, 0.6) is 0 Å². The summed E-state index contributed by atoms with van der Waals surface area (Å²) in [6, 6.07) is 4.20. The molecule has 2 heteroatoms. The van der Waals surface area contributed by atoms with Crippen molar-refractivity contribution in [3.05, 3.63) is 30.1 Å². The van der Waals surface area contributed by atoms with Crippen molar-refractivity contribution in [3.8, 4) is 0 Å². The van der Waals surface area contributed by atoms with Gasteiger partial charge in [-0.2, -0.15) is 0 Å². The molecule has 0 radical (unpaired) electrons. The molecule has 0 aliphatic rings. The first-order chi connectivity index (χ1) is 9.67. The number of aromatic nitrogens is 1. The Labute approximate surface area is 125 Å². The summed E-state index contributed by atoms with van der Waals surface area (Å²) in [5.41, 5.74) is 1.36. The molecule has 0 unspecified atom stereocenters. The van der Waals surface area contributed by atoms with E-state index in [0.29, 0.717) is 0 Å². The highest BCUT2D eigenvalue weighted by atomic mass is 14.9. The van der Waals surface area contributed by atoms with Crippen LogP contribution in [0.3, 0.4) is 0 Å². The van der Waals surface area contributed by atoms with Gasteiger partial charge in [0, 0.05) is 17.9 Å². The van der Waals surface area contributed by atoms with Crippen LogP contribution in [-0.4, -0.2) is 11.5 Å². The largest absolute Gasteiger partial charge is 0.308 e. The molecule has 2 nitrogen and oxygen atoms in total. The molecular weight excluding hydrogens is 244 g/mol. The summed E-state index contributed by atoms with van der Waals surface area (Å²) < 4.78 is 0. The highest BCUT2D eigenvalue weighted by Crippen LogP contribution is 2.18. The molecule has 20 heavy (non-hydrogen) atoms. The van der Waals surface area contributed by atoms with Gasteiger partial charge in [0.15, 0.2) is 0 Å². The molecule has 0 atom stereocenters. The van der Waals surface area contributed by atoms with Crippen molar-refractivity contribution in [2.75, 3.05) is 6.54 Å². The third kappa shape index (κ3) is 7.04. The Balaban J connectivity index is 2.06. The van der Waals surface area contributed by atoms with Crippen LogP contribution >= 0.6 is 0 Å². The Hall–Kier alpha value is -0.890. The zero-order chi connectivity index (χ0) is 14.7. The molecule has 0 spiro atoms. The van der Waals surface area contributed by atoms with Crippen molar-refractivity contribution in [1.82, 2.24) is 10.3 Å². The molecule has 1 rings (SSSR count). The van der Waals surface area contributed by atoms with Crippen molar-refractivity contribution in [2.24, 2.45) is 0 Å². The van der Waals surface area contributed by atoms with Crippen molar-refractivity contribution < 1.29 is 0 Å². The average molecular weight is 276 g/mol. The third-order valence-corrected chi connectivity index (χ3v) is 4.00. The van der Waals surface area contributed by atoms with E-state index in [-0.39, 0.29) is 5.54 Å². The van der Waals surface area contributed by atoms with Gasteiger partial charge in [0.05, 0.1) is 0 Å². The van der Waals surface area contributed by atoms with Gasteiger partial charge in [-0.3, -0.25) is 4.98 Å². The van der Waals surface area contributed by atoms with Crippen molar-refractivity contribution >= 4 is 0 Å². The van der Waals surface area contributed by atoms with E-state index in [1.807, 2.05) is 12.4 Å². The lowest BCUT2D eigenvalue weighted by molar-refractivity contribution is 0.394. The molecule has 0 amide bonds. The van der Waals surface area contributed by atoms with Crippen LogP contribution in [0.1, 0.15) is 77.7 Å². The SMILES string of the molecule is CCCCCCCCCCNC(C)(C)c1ccncc1. The van der Waals surface area contributed by atoms with Crippen molar-refractivity contribution in [3.63, 3.8) is 0 Å². The Kier molecular flexibility index (Phi) is 8.52. The summed E-state index contributed by atoms with van der Waals surface area (Å²) in [6.45, 7) is 7.86. The van der Waals surface area contributed by atoms with E-state index in [2.05, 4.69) is 43.2 Å². The lowest BCUT2D eigenvalue weighted by atomic mass is 9.95. The van der Waals surface area contributed by atoms with E-state index in [9.17, 15) is 0 Å². The van der Waals surface area contributed by atoms with E-state index in [1.54, 1.807) is 0 Å². The molecule has 114 valence electrons. The number of pyridine rings is 1. The summed E-state index contributed by atoms with van der Waals surface area (Å²) in [5.74, 6) is 0. The minimum Gasteiger partial charge on any atom is -0.308 e. The smallest absolute Gasteiger partial charge is 0.0378 e. The summed E-state index contributed by atoms with van der Waals surface area (Å²) in [5, 5.41) is 3.66. The van der Waals surface area contributed by atoms with Gasteiger partial charge in [-0.1, -0.05) is 51.9 Å². The Morgan fingerprint density at radius 2 is 1.45 bits per heavy atom. The van der Waals surface area contributed by atoms with Gasteiger partial charge in [-0.05, 0) is 44.5 Å². The maximum Gasteiger partial charge on any atom is 0.0378 e. The van der Waals surface area contributed by atoms with E-state index in [1.165, 1.54) is 56.9 Å². The van der Waals surface area contributed by atoms with Crippen LogP contribution in [0, 0.1) is 0 Å². The lowest BCUT2D eigenvalue weighted by Crippen LogP contribution is -2.37. The van der Waals surface area contributed by atoms with Crippen molar-refractivity contribution in [2.45, 2.75) is 77.7 Å². The molecule has 1 aromatic rings. The van der Waals surface area contributed by atoms with Crippen LogP contribution in [0.15, 0.2) is 24.5 Å². The minimum absolute atomic E-state index is 0.0457. The predicted molar refractivity (Wildman–Crippen MR) is 87.9 cm³/mol. The topological polar surface area (TPSA) is 24.9 Å². The van der Waals surface area contributed by atoms with Gasteiger partial charge < -0.3 is 5.32 Å². The van der Waals surface area contributed by atoms with Gasteiger partial charge in [0.1, 0.15) is 0 Å². The normalized spacial score (nSPS) is 11.8. The van der Waals surface area contributed by atoms with E-state index < -0.39 is 0 Å². The fourth-order valence-corrected chi connectivity index (χ4v) is 2.53. The number of nitrogens with one attached hydrogen (secondary N) is 1. The maximum absolute atomic E-state index is 4.08. The second-order valence-corrected chi connectivity index (χ2v) is 6.26. The van der Waals surface area contributed by atoms with Gasteiger partial charge in [-0.25, -0.2) is 0 Å². The Morgan fingerprint density at radius 1 is 0.900 bits per heavy atom. The molecule has 0 aliphatic heterocycles. The zero-order valence-electron chi connectivity index (χ0n) is 13.6. The summed E-state index contributed by atoms with van der Waals surface area (Å²) in [6.07, 6.45) is 14.8. The van der Waals surface area contributed by atoms with Crippen LogP contribution < -0.4 is 5.32 Å². The number of unbranched alkanes of at least 4 members (excludes halogenated alkanes) is 7. The molecule has 0 fully saturated rings. The van der Waals surface area contributed by atoms with E-state index >= 15 is 0 Å². The van der Waals surface area contributed by atoms with Gasteiger partial charge >= 0.3 is 0 Å². The first-order valence-electron chi connectivity index (χ1n) is 8.32. The standard InChI is InChI=1S/C18H32N2/c1-4-5-6-7-8-9-10-11-14-20-18(2,3)17-12-15-19-16-13-17/h12-13,15-16,20H,4-11,14H2,1-3H3. The fourth-order valence-electron chi connectivity index (χ4n) is 2.53. The van der Waals surface area contributed by atoms with Gasteiger partial charge in [0.2, 0.25) is 0 Å². The van der Waals surface area contributed by atoms with E-state index in [4.69, 9.17) is 0 Å². The van der Waals surface area contributed by atoms with E-state index in [0.717, 1.165) is 6.54 Å². The van der Waals surface area contributed by atoms with Crippen LogP contribution in [0.4, 0.5) is 0 Å². The molecule has 1 N–H and O–H groups in total. The number of hydrogen-bond donors (Lipinski definition) is 1. The van der Waals surface area contributed by atoms with Crippen molar-refractivity contribution in [1.29, 1.82) is 0 Å². The number of rotatable bonds is 11. The first kappa shape index (κ1) is 17.2. The van der Waals surface area contributed by atoms with Crippen LogP contribution in [0.25, 0.3) is 0 Å². The van der Waals surface area contributed by atoms with Crippen LogP contribution in [0.2, 0.25) is 0 Å². The summed E-state index contributed by atoms with van der Waals surface area (Å²) in [7, 11) is 0. The fraction of sp³-hybridized carbons (Fsp3) is 0.722.